The van der Waals surface area contributed by atoms with Crippen LogP contribution < -0.4 is 16.4 Å². The van der Waals surface area contributed by atoms with Crippen molar-refractivity contribution in [3.8, 4) is 6.07 Å². The molecule has 164 valence electrons. The number of ketones is 1. The number of Topliss-reactive ketones (excluding diaryl/α,β-unsaturated/α-hetero) is 1. The molecular weight excluding hydrogens is 434 g/mol. The first-order chi connectivity index (χ1) is 15.9. The summed E-state index contributed by atoms with van der Waals surface area (Å²) >= 11 is 6.14. The summed E-state index contributed by atoms with van der Waals surface area (Å²) in [6.45, 7) is 2.02. The Labute approximate surface area is 197 Å². The van der Waals surface area contributed by atoms with Crippen molar-refractivity contribution >= 4 is 40.4 Å². The topological polar surface area (TPSA) is 109 Å². The Morgan fingerprint density at radius 1 is 1.09 bits per heavy atom. The molecule has 0 radical (unpaired) electrons. The number of halogens is 1. The second kappa shape index (κ2) is 7.95. The van der Waals surface area contributed by atoms with Gasteiger partial charge in [-0.1, -0.05) is 41.4 Å². The minimum absolute atomic E-state index is 0.0709. The van der Waals surface area contributed by atoms with E-state index in [4.69, 9.17) is 23.1 Å². The highest BCUT2D eigenvalue weighted by Gasteiger charge is 2.42. The highest BCUT2D eigenvalue weighted by molar-refractivity contribution is 6.30. The molecule has 6 nitrogen and oxygen atoms in total. The third kappa shape index (κ3) is 3.33. The lowest BCUT2D eigenvalue weighted by Crippen LogP contribution is -2.34. The van der Waals surface area contributed by atoms with Crippen LogP contribution in [0.5, 0.6) is 0 Å². The van der Waals surface area contributed by atoms with Gasteiger partial charge < -0.3 is 11.5 Å². The van der Waals surface area contributed by atoms with Crippen molar-refractivity contribution in [2.45, 2.75) is 32.1 Å². The molecule has 1 aromatic heterocycles. The molecule has 33 heavy (non-hydrogen) atoms. The molecule has 1 atom stereocenters. The Morgan fingerprint density at radius 3 is 2.45 bits per heavy atom. The standard InChI is InChI=1S/C26H22ClN5O/c1-14-5-7-15(8-6-14)21-22-19(3-2-4-20(22)33)32(17-11-9-16(27)10-12-17)26-23(21)24(29)18(13-28)25(30)31-26/h5-12,21H,2-4H2,1H3,(H4,29,30,31). The Hall–Kier alpha value is -3.82. The van der Waals surface area contributed by atoms with Gasteiger partial charge in [0.1, 0.15) is 23.3 Å². The fourth-order valence-electron chi connectivity index (χ4n) is 4.84. The molecule has 0 saturated heterocycles. The van der Waals surface area contributed by atoms with E-state index >= 15 is 0 Å². The molecule has 0 saturated carbocycles. The minimum Gasteiger partial charge on any atom is -0.397 e. The van der Waals surface area contributed by atoms with Gasteiger partial charge in [-0.25, -0.2) is 4.98 Å². The summed E-state index contributed by atoms with van der Waals surface area (Å²) in [6.07, 6.45) is 1.93. The fourth-order valence-corrected chi connectivity index (χ4v) is 4.96. The smallest absolute Gasteiger partial charge is 0.161 e. The van der Waals surface area contributed by atoms with Gasteiger partial charge in [-0.3, -0.25) is 9.69 Å². The number of aryl methyl sites for hydroxylation is 1. The van der Waals surface area contributed by atoms with Gasteiger partial charge in [0.15, 0.2) is 5.78 Å². The third-order valence-electron chi connectivity index (χ3n) is 6.38. The fraction of sp³-hybridized carbons (Fsp3) is 0.192. The number of fused-ring (bicyclic) bond motifs is 1. The Balaban J connectivity index is 1.88. The van der Waals surface area contributed by atoms with Gasteiger partial charge in [-0.05, 0) is 49.6 Å². The number of carbonyl (C=O) groups is 1. The summed E-state index contributed by atoms with van der Waals surface area (Å²) in [7, 11) is 0. The van der Waals surface area contributed by atoms with Crippen LogP contribution in [0.2, 0.25) is 5.02 Å². The predicted octanol–water partition coefficient (Wildman–Crippen LogP) is 5.37. The number of carbonyl (C=O) groups excluding carboxylic acids is 1. The monoisotopic (exact) mass is 455 g/mol. The van der Waals surface area contributed by atoms with Gasteiger partial charge in [-0.15, -0.1) is 0 Å². The number of nitrogens with two attached hydrogens (primary N) is 2. The SMILES string of the molecule is Cc1ccc(C2C3=C(CCCC3=O)N(c3ccc(Cl)cc3)c3nc(N)c(C#N)c(N)c32)cc1. The average Bonchev–Trinajstić information content (AvgIpc) is 2.80. The van der Waals surface area contributed by atoms with E-state index in [-0.39, 0.29) is 22.9 Å². The van der Waals surface area contributed by atoms with Crippen LogP contribution >= 0.6 is 11.6 Å². The average molecular weight is 456 g/mol. The second-order valence-corrected chi connectivity index (χ2v) is 8.86. The van der Waals surface area contributed by atoms with E-state index in [1.54, 1.807) is 12.1 Å². The van der Waals surface area contributed by atoms with E-state index in [9.17, 15) is 10.1 Å². The number of pyridine rings is 1. The first-order valence-corrected chi connectivity index (χ1v) is 11.2. The van der Waals surface area contributed by atoms with Gasteiger partial charge in [0.25, 0.3) is 0 Å². The van der Waals surface area contributed by atoms with E-state index in [1.165, 1.54) is 0 Å². The third-order valence-corrected chi connectivity index (χ3v) is 6.63. The maximum atomic E-state index is 13.4. The normalized spacial score (nSPS) is 17.4. The summed E-state index contributed by atoms with van der Waals surface area (Å²) in [5.74, 6) is 0.278. The first-order valence-electron chi connectivity index (χ1n) is 10.8. The lowest BCUT2D eigenvalue weighted by Gasteiger charge is -2.41. The van der Waals surface area contributed by atoms with Gasteiger partial charge >= 0.3 is 0 Å². The summed E-state index contributed by atoms with van der Waals surface area (Å²) in [6, 6.07) is 17.5. The number of rotatable bonds is 2. The van der Waals surface area contributed by atoms with E-state index < -0.39 is 5.92 Å². The summed E-state index contributed by atoms with van der Waals surface area (Å²) < 4.78 is 0. The molecule has 0 fully saturated rings. The van der Waals surface area contributed by atoms with Crippen molar-refractivity contribution in [1.82, 2.24) is 4.98 Å². The van der Waals surface area contributed by atoms with Crippen LogP contribution in [0.25, 0.3) is 0 Å². The maximum Gasteiger partial charge on any atom is 0.161 e. The number of anilines is 4. The lowest BCUT2D eigenvalue weighted by molar-refractivity contribution is -0.116. The van der Waals surface area contributed by atoms with Crippen LogP contribution in [0.4, 0.5) is 23.0 Å². The molecule has 4 N–H and O–H groups in total. The number of nitriles is 1. The highest BCUT2D eigenvalue weighted by Crippen LogP contribution is 2.53. The summed E-state index contributed by atoms with van der Waals surface area (Å²) in [5.41, 5.74) is 18.2. The number of hydrogen-bond acceptors (Lipinski definition) is 6. The molecule has 1 unspecified atom stereocenters. The van der Waals surface area contributed by atoms with Gasteiger partial charge in [0.2, 0.25) is 0 Å². The molecule has 0 spiro atoms. The molecule has 2 aromatic carbocycles. The van der Waals surface area contributed by atoms with Crippen LogP contribution in [0.1, 0.15) is 47.4 Å². The Morgan fingerprint density at radius 2 is 1.79 bits per heavy atom. The van der Waals surface area contributed by atoms with Crippen LogP contribution in [-0.4, -0.2) is 10.8 Å². The largest absolute Gasteiger partial charge is 0.397 e. The van der Waals surface area contributed by atoms with Crippen LogP contribution in [0.3, 0.4) is 0 Å². The van der Waals surface area contributed by atoms with Crippen molar-refractivity contribution in [2.75, 3.05) is 16.4 Å². The van der Waals surface area contributed by atoms with Crippen LogP contribution in [0, 0.1) is 18.3 Å². The molecule has 5 rings (SSSR count). The molecule has 1 aliphatic heterocycles. The van der Waals surface area contributed by atoms with Gasteiger partial charge in [-0.2, -0.15) is 5.26 Å². The van der Waals surface area contributed by atoms with Gasteiger partial charge in [0.05, 0.1) is 5.69 Å². The Bertz CT molecular complexity index is 1350. The van der Waals surface area contributed by atoms with E-state index in [0.717, 1.165) is 28.9 Å². The zero-order valence-electron chi connectivity index (χ0n) is 18.1. The number of hydrogen-bond donors (Lipinski definition) is 2. The van der Waals surface area contributed by atoms with Crippen molar-refractivity contribution in [2.24, 2.45) is 0 Å². The number of nitrogens with zero attached hydrogens (tertiary/aromatic N) is 3. The number of nitrogen functional groups attached to an aromatic ring is 2. The maximum absolute atomic E-state index is 13.4. The number of benzene rings is 2. The first kappa shape index (κ1) is 21.0. The van der Waals surface area contributed by atoms with Crippen molar-refractivity contribution in [3.63, 3.8) is 0 Å². The van der Waals surface area contributed by atoms with Crippen molar-refractivity contribution in [3.05, 3.63) is 87.1 Å². The van der Waals surface area contributed by atoms with Crippen molar-refractivity contribution < 1.29 is 4.79 Å². The molecule has 2 aliphatic rings. The lowest BCUT2D eigenvalue weighted by atomic mass is 9.74. The second-order valence-electron chi connectivity index (χ2n) is 8.43. The highest BCUT2D eigenvalue weighted by atomic mass is 35.5. The minimum atomic E-state index is -0.424. The van der Waals surface area contributed by atoms with Crippen LogP contribution in [0.15, 0.2) is 59.8 Å². The molecule has 0 bridgehead atoms. The van der Waals surface area contributed by atoms with E-state index in [2.05, 4.69) is 11.1 Å². The number of allylic oxidation sites excluding steroid dienone is 2. The van der Waals surface area contributed by atoms with Gasteiger partial charge in [0, 0.05) is 39.9 Å². The quantitative estimate of drug-likeness (QED) is 0.537. The molecular formula is C26H22ClN5O. The number of aromatic nitrogens is 1. The van der Waals surface area contributed by atoms with Crippen LogP contribution in [-0.2, 0) is 4.79 Å². The van der Waals surface area contributed by atoms with Crippen molar-refractivity contribution in [1.29, 1.82) is 5.26 Å². The zero-order valence-corrected chi connectivity index (χ0v) is 18.9. The molecule has 7 heteroatoms. The van der Waals surface area contributed by atoms with E-state index in [0.29, 0.717) is 34.8 Å². The predicted molar refractivity (Wildman–Crippen MR) is 130 cm³/mol. The molecule has 0 amide bonds. The zero-order chi connectivity index (χ0) is 23.3. The molecule has 2 heterocycles. The molecule has 1 aliphatic carbocycles. The summed E-state index contributed by atoms with van der Waals surface area (Å²) in [4.78, 5) is 20.0. The summed E-state index contributed by atoms with van der Waals surface area (Å²) in [5, 5.41) is 10.3. The molecule has 3 aromatic rings. The Kier molecular flexibility index (Phi) is 5.07. The van der Waals surface area contributed by atoms with E-state index in [1.807, 2.05) is 48.2 Å².